The number of hydrogen-bond donors (Lipinski definition) is 3. The first kappa shape index (κ1) is 17.4. The molecule has 0 aliphatic rings. The Hall–Kier alpha value is -1.63. The SMILES string of the molecule is CCOC(=O)[C@@H](O)CC(=O)N[C@H](C(=O)O)[C@@H](C)CC. The van der Waals surface area contributed by atoms with E-state index in [1.54, 1.807) is 20.8 Å². The average molecular weight is 275 g/mol. The standard InChI is InChI=1S/C12H21NO6/c1-4-7(3)10(11(16)17)13-9(15)6-8(14)12(18)19-5-2/h7-8,10,14H,4-6H2,1-3H3,(H,13,15)(H,16,17)/t7-,8-,10-/m0/s1. The van der Waals surface area contributed by atoms with E-state index in [-0.39, 0.29) is 12.5 Å². The molecule has 1 amide bonds. The van der Waals surface area contributed by atoms with E-state index < -0.39 is 36.4 Å². The largest absolute Gasteiger partial charge is 0.480 e. The van der Waals surface area contributed by atoms with Crippen LogP contribution in [-0.2, 0) is 19.1 Å². The molecule has 7 nitrogen and oxygen atoms in total. The maximum Gasteiger partial charge on any atom is 0.335 e. The summed E-state index contributed by atoms with van der Waals surface area (Å²) in [5.41, 5.74) is 0. The molecule has 3 N–H and O–H groups in total. The van der Waals surface area contributed by atoms with Crippen LogP contribution in [0.5, 0.6) is 0 Å². The number of carbonyl (C=O) groups is 3. The first-order chi connectivity index (χ1) is 8.83. The number of aliphatic hydroxyl groups excluding tert-OH is 1. The lowest BCUT2D eigenvalue weighted by atomic mass is 9.99. The number of hydrogen-bond acceptors (Lipinski definition) is 5. The number of carboxylic acids is 1. The van der Waals surface area contributed by atoms with Gasteiger partial charge in [-0.05, 0) is 12.8 Å². The minimum Gasteiger partial charge on any atom is -0.480 e. The predicted molar refractivity (Wildman–Crippen MR) is 66.3 cm³/mol. The maximum absolute atomic E-state index is 11.6. The molecule has 3 atom stereocenters. The van der Waals surface area contributed by atoms with Crippen molar-refractivity contribution in [1.29, 1.82) is 0 Å². The number of esters is 1. The van der Waals surface area contributed by atoms with E-state index >= 15 is 0 Å². The van der Waals surface area contributed by atoms with Gasteiger partial charge in [0.2, 0.25) is 5.91 Å². The van der Waals surface area contributed by atoms with Crippen molar-refractivity contribution in [3.63, 3.8) is 0 Å². The molecule has 0 fully saturated rings. The molecule has 0 unspecified atom stereocenters. The number of rotatable bonds is 8. The smallest absolute Gasteiger partial charge is 0.335 e. The van der Waals surface area contributed by atoms with Gasteiger partial charge in [0.25, 0.3) is 0 Å². The van der Waals surface area contributed by atoms with Crippen LogP contribution in [0.3, 0.4) is 0 Å². The lowest BCUT2D eigenvalue weighted by Gasteiger charge is -2.20. The third kappa shape index (κ3) is 6.19. The van der Waals surface area contributed by atoms with Crippen LogP contribution in [0.1, 0.15) is 33.6 Å². The van der Waals surface area contributed by atoms with Crippen LogP contribution in [0.4, 0.5) is 0 Å². The van der Waals surface area contributed by atoms with E-state index in [1.165, 1.54) is 0 Å². The summed E-state index contributed by atoms with van der Waals surface area (Å²) in [7, 11) is 0. The molecule has 19 heavy (non-hydrogen) atoms. The highest BCUT2D eigenvalue weighted by Crippen LogP contribution is 2.08. The summed E-state index contributed by atoms with van der Waals surface area (Å²) in [4.78, 5) is 33.7. The Morgan fingerprint density at radius 2 is 1.84 bits per heavy atom. The Labute approximate surface area is 111 Å². The monoisotopic (exact) mass is 275 g/mol. The number of nitrogens with one attached hydrogen (secondary N) is 1. The van der Waals surface area contributed by atoms with Crippen molar-refractivity contribution < 1.29 is 29.3 Å². The first-order valence-corrected chi connectivity index (χ1v) is 6.20. The van der Waals surface area contributed by atoms with Crippen molar-refractivity contribution in [2.75, 3.05) is 6.61 Å². The lowest BCUT2D eigenvalue weighted by Crippen LogP contribution is -2.46. The van der Waals surface area contributed by atoms with Crippen molar-refractivity contribution >= 4 is 17.8 Å². The Kier molecular flexibility index (Phi) is 7.74. The Morgan fingerprint density at radius 3 is 2.26 bits per heavy atom. The van der Waals surface area contributed by atoms with E-state index in [4.69, 9.17) is 5.11 Å². The number of carboxylic acid groups (broad SMARTS) is 1. The summed E-state index contributed by atoms with van der Waals surface area (Å²) in [5, 5.41) is 20.7. The summed E-state index contributed by atoms with van der Waals surface area (Å²) >= 11 is 0. The Balaban J connectivity index is 4.42. The van der Waals surface area contributed by atoms with Crippen molar-refractivity contribution in [2.45, 2.75) is 45.8 Å². The van der Waals surface area contributed by atoms with Gasteiger partial charge in [-0.1, -0.05) is 20.3 Å². The third-order valence-corrected chi connectivity index (χ3v) is 2.73. The Bertz CT molecular complexity index is 330. The highest BCUT2D eigenvalue weighted by molar-refractivity contribution is 5.87. The van der Waals surface area contributed by atoms with Crippen LogP contribution >= 0.6 is 0 Å². The molecule has 0 radical (unpaired) electrons. The molecular weight excluding hydrogens is 254 g/mol. The molecule has 0 heterocycles. The van der Waals surface area contributed by atoms with Crippen LogP contribution in [0, 0.1) is 5.92 Å². The van der Waals surface area contributed by atoms with Gasteiger partial charge in [0, 0.05) is 0 Å². The summed E-state index contributed by atoms with van der Waals surface area (Å²) in [6.45, 7) is 5.18. The molecule has 0 saturated heterocycles. The van der Waals surface area contributed by atoms with Crippen LogP contribution in [0.2, 0.25) is 0 Å². The van der Waals surface area contributed by atoms with Gasteiger partial charge in [-0.2, -0.15) is 0 Å². The number of carbonyl (C=O) groups excluding carboxylic acids is 2. The molecule has 0 rings (SSSR count). The highest BCUT2D eigenvalue weighted by atomic mass is 16.5. The molecule has 0 aliphatic carbocycles. The third-order valence-electron chi connectivity index (χ3n) is 2.73. The molecule has 0 aromatic rings. The second-order valence-electron chi connectivity index (χ2n) is 4.24. The predicted octanol–water partition coefficient (Wildman–Crippen LogP) is -0.0840. The minimum atomic E-state index is -1.58. The summed E-state index contributed by atoms with van der Waals surface area (Å²) in [6, 6.07) is -1.04. The van der Waals surface area contributed by atoms with Gasteiger partial charge < -0.3 is 20.3 Å². The second-order valence-corrected chi connectivity index (χ2v) is 4.24. The number of ether oxygens (including phenoxy) is 1. The fourth-order valence-electron chi connectivity index (χ4n) is 1.41. The fourth-order valence-corrected chi connectivity index (χ4v) is 1.41. The molecule has 0 aliphatic heterocycles. The molecule has 110 valence electrons. The fraction of sp³-hybridized carbons (Fsp3) is 0.750. The van der Waals surface area contributed by atoms with E-state index in [0.717, 1.165) is 0 Å². The van der Waals surface area contributed by atoms with Crippen LogP contribution in [0.25, 0.3) is 0 Å². The van der Waals surface area contributed by atoms with Gasteiger partial charge in [0.1, 0.15) is 6.04 Å². The maximum atomic E-state index is 11.6. The van der Waals surface area contributed by atoms with Gasteiger partial charge in [-0.3, -0.25) is 4.79 Å². The topological polar surface area (TPSA) is 113 Å². The summed E-state index contributed by atoms with van der Waals surface area (Å²) in [6.07, 6.45) is -1.51. The number of aliphatic hydroxyl groups is 1. The highest BCUT2D eigenvalue weighted by Gasteiger charge is 2.27. The van der Waals surface area contributed by atoms with Gasteiger partial charge in [0.15, 0.2) is 6.10 Å². The second kappa shape index (κ2) is 8.47. The van der Waals surface area contributed by atoms with Crippen molar-refractivity contribution in [1.82, 2.24) is 5.32 Å². The van der Waals surface area contributed by atoms with Crippen molar-refractivity contribution in [2.24, 2.45) is 5.92 Å². The van der Waals surface area contributed by atoms with Crippen LogP contribution in [-0.4, -0.2) is 46.8 Å². The quantitative estimate of drug-likeness (QED) is 0.534. The summed E-state index contributed by atoms with van der Waals surface area (Å²) in [5.74, 6) is -2.99. The van der Waals surface area contributed by atoms with E-state index in [9.17, 15) is 19.5 Å². The van der Waals surface area contributed by atoms with Gasteiger partial charge >= 0.3 is 11.9 Å². The van der Waals surface area contributed by atoms with E-state index in [0.29, 0.717) is 6.42 Å². The molecule has 7 heteroatoms. The zero-order valence-corrected chi connectivity index (χ0v) is 11.4. The molecule has 0 aromatic heterocycles. The summed E-state index contributed by atoms with van der Waals surface area (Å²) < 4.78 is 4.54. The lowest BCUT2D eigenvalue weighted by molar-refractivity contribution is -0.155. The average Bonchev–Trinajstić information content (AvgIpc) is 2.34. The van der Waals surface area contributed by atoms with E-state index in [2.05, 4.69) is 10.1 Å². The zero-order valence-electron chi connectivity index (χ0n) is 11.4. The normalized spacial score (nSPS) is 15.2. The van der Waals surface area contributed by atoms with Crippen LogP contribution in [0.15, 0.2) is 0 Å². The first-order valence-electron chi connectivity index (χ1n) is 6.20. The van der Waals surface area contributed by atoms with Gasteiger partial charge in [-0.25, -0.2) is 9.59 Å². The zero-order chi connectivity index (χ0) is 15.0. The Morgan fingerprint density at radius 1 is 1.26 bits per heavy atom. The number of aliphatic carboxylic acids is 1. The molecule has 0 saturated carbocycles. The van der Waals surface area contributed by atoms with Crippen LogP contribution < -0.4 is 5.32 Å². The molecular formula is C12H21NO6. The number of amides is 1. The molecule has 0 aromatic carbocycles. The van der Waals surface area contributed by atoms with Gasteiger partial charge in [0.05, 0.1) is 13.0 Å². The van der Waals surface area contributed by atoms with Crippen molar-refractivity contribution in [3.8, 4) is 0 Å². The molecule has 0 bridgehead atoms. The van der Waals surface area contributed by atoms with Crippen molar-refractivity contribution in [3.05, 3.63) is 0 Å². The van der Waals surface area contributed by atoms with E-state index in [1.807, 2.05) is 0 Å². The van der Waals surface area contributed by atoms with Gasteiger partial charge in [-0.15, -0.1) is 0 Å². The minimum absolute atomic E-state index is 0.0993. The molecule has 0 spiro atoms.